The number of rotatable bonds is 5. The molecular weight excluding hydrogens is 376 g/mol. The van der Waals surface area contributed by atoms with Crippen molar-refractivity contribution in [3.63, 3.8) is 0 Å². The third-order valence-corrected chi connectivity index (χ3v) is 3.72. The van der Waals surface area contributed by atoms with Gasteiger partial charge in [0.25, 0.3) is 5.91 Å². The topological polar surface area (TPSA) is 87.7 Å². The Labute approximate surface area is 161 Å². The number of anilines is 1. The summed E-state index contributed by atoms with van der Waals surface area (Å²) in [6.45, 7) is 3.65. The van der Waals surface area contributed by atoms with Crippen molar-refractivity contribution < 1.29 is 19.4 Å². The molecule has 6 nitrogen and oxygen atoms in total. The molecule has 0 spiro atoms. The van der Waals surface area contributed by atoms with Crippen molar-refractivity contribution in [3.05, 3.63) is 58.1 Å². The number of amides is 1. The monoisotopic (exact) mass is 392 g/mol. The number of ether oxygens (including phenoxy) is 1. The van der Waals surface area contributed by atoms with Gasteiger partial charge in [-0.15, -0.1) is 0 Å². The van der Waals surface area contributed by atoms with Gasteiger partial charge >= 0.3 is 5.97 Å². The number of carboxylic acids is 1. The van der Waals surface area contributed by atoms with Gasteiger partial charge in [-0.3, -0.25) is 10.1 Å². The van der Waals surface area contributed by atoms with Gasteiger partial charge in [0.05, 0.1) is 11.3 Å². The number of nitrogens with one attached hydrogen (secondary N) is 2. The molecule has 136 valence electrons. The maximum atomic E-state index is 12.0. The van der Waals surface area contributed by atoms with Crippen molar-refractivity contribution >= 4 is 46.5 Å². The molecule has 0 saturated carbocycles. The summed E-state index contributed by atoms with van der Waals surface area (Å²) in [6.07, 6.45) is 0. The zero-order valence-corrected chi connectivity index (χ0v) is 15.7. The second kappa shape index (κ2) is 8.64. The molecule has 0 heterocycles. The van der Waals surface area contributed by atoms with Crippen molar-refractivity contribution in [3.8, 4) is 5.75 Å². The SMILES string of the molecule is Cc1cc(C)cc(OCC(=O)NC(=S)Nc2ccc(Cl)cc2C(=O)O)c1. The van der Waals surface area contributed by atoms with Gasteiger partial charge in [-0.25, -0.2) is 4.79 Å². The molecule has 0 saturated heterocycles. The molecule has 8 heteroatoms. The predicted octanol–water partition coefficient (Wildman–Crippen LogP) is 3.55. The number of hydrogen-bond donors (Lipinski definition) is 3. The second-order valence-corrected chi connectivity index (χ2v) is 6.45. The summed E-state index contributed by atoms with van der Waals surface area (Å²) in [5.74, 6) is -1.04. The summed E-state index contributed by atoms with van der Waals surface area (Å²) in [5.41, 5.74) is 2.23. The molecule has 0 unspecified atom stereocenters. The van der Waals surface area contributed by atoms with Crippen LogP contribution in [0.15, 0.2) is 36.4 Å². The maximum Gasteiger partial charge on any atom is 0.337 e. The van der Waals surface area contributed by atoms with Crippen LogP contribution in [0.25, 0.3) is 0 Å². The number of carbonyl (C=O) groups excluding carboxylic acids is 1. The number of carboxylic acid groups (broad SMARTS) is 1. The van der Waals surface area contributed by atoms with Gasteiger partial charge in [0, 0.05) is 5.02 Å². The molecule has 3 N–H and O–H groups in total. The van der Waals surface area contributed by atoms with Crippen molar-refractivity contribution in [2.24, 2.45) is 0 Å². The smallest absolute Gasteiger partial charge is 0.337 e. The van der Waals surface area contributed by atoms with Gasteiger partial charge < -0.3 is 15.2 Å². The predicted molar refractivity (Wildman–Crippen MR) is 104 cm³/mol. The Morgan fingerprint density at radius 2 is 1.81 bits per heavy atom. The minimum absolute atomic E-state index is 0.0381. The number of halogens is 1. The molecule has 1 amide bonds. The Hall–Kier alpha value is -2.64. The van der Waals surface area contributed by atoms with Gasteiger partial charge in [-0.05, 0) is 67.5 Å². The van der Waals surface area contributed by atoms with Crippen LogP contribution in [0.1, 0.15) is 21.5 Å². The molecule has 0 bridgehead atoms. The summed E-state index contributed by atoms with van der Waals surface area (Å²) in [5, 5.41) is 14.5. The highest BCUT2D eigenvalue weighted by atomic mass is 35.5. The average Bonchev–Trinajstić information content (AvgIpc) is 2.53. The van der Waals surface area contributed by atoms with E-state index in [1.807, 2.05) is 32.0 Å². The molecule has 0 radical (unpaired) electrons. The molecule has 0 aliphatic heterocycles. The van der Waals surface area contributed by atoms with E-state index in [2.05, 4.69) is 10.6 Å². The van der Waals surface area contributed by atoms with Gasteiger partial charge in [0.15, 0.2) is 11.7 Å². The summed E-state index contributed by atoms with van der Waals surface area (Å²) in [6, 6.07) is 9.92. The zero-order chi connectivity index (χ0) is 19.3. The molecule has 26 heavy (non-hydrogen) atoms. The van der Waals surface area contributed by atoms with Crippen LogP contribution in [0.3, 0.4) is 0 Å². The van der Waals surface area contributed by atoms with E-state index in [-0.39, 0.29) is 28.0 Å². The fraction of sp³-hybridized carbons (Fsp3) is 0.167. The molecule has 0 aliphatic rings. The first-order chi connectivity index (χ1) is 12.2. The van der Waals surface area contributed by atoms with Crippen LogP contribution in [-0.2, 0) is 4.79 Å². The lowest BCUT2D eigenvalue weighted by molar-refractivity contribution is -0.121. The molecule has 0 atom stereocenters. The summed E-state index contributed by atoms with van der Waals surface area (Å²) in [7, 11) is 0. The largest absolute Gasteiger partial charge is 0.484 e. The number of carbonyl (C=O) groups is 2. The van der Waals surface area contributed by atoms with E-state index in [0.717, 1.165) is 11.1 Å². The van der Waals surface area contributed by atoms with Gasteiger partial charge in [-0.1, -0.05) is 17.7 Å². The fourth-order valence-electron chi connectivity index (χ4n) is 2.28. The van der Waals surface area contributed by atoms with Crippen LogP contribution in [0, 0.1) is 13.8 Å². The highest BCUT2D eigenvalue weighted by molar-refractivity contribution is 7.80. The van der Waals surface area contributed by atoms with Crippen LogP contribution in [0.5, 0.6) is 5.75 Å². The van der Waals surface area contributed by atoms with E-state index in [0.29, 0.717) is 5.75 Å². The summed E-state index contributed by atoms with van der Waals surface area (Å²) < 4.78 is 5.45. The van der Waals surface area contributed by atoms with E-state index < -0.39 is 11.9 Å². The molecule has 2 aromatic carbocycles. The first-order valence-electron chi connectivity index (χ1n) is 7.59. The van der Waals surface area contributed by atoms with E-state index in [4.69, 9.17) is 28.6 Å². The first kappa shape index (κ1) is 19.7. The lowest BCUT2D eigenvalue weighted by atomic mass is 10.1. The normalized spacial score (nSPS) is 10.1. The summed E-state index contributed by atoms with van der Waals surface area (Å²) >= 11 is 10.8. The highest BCUT2D eigenvalue weighted by Gasteiger charge is 2.13. The standard InChI is InChI=1S/C18H17ClN2O4S/c1-10-5-11(2)7-13(6-10)25-9-16(22)21-18(26)20-15-4-3-12(19)8-14(15)17(23)24/h3-8H,9H2,1-2H3,(H,23,24)(H2,20,21,22,26). The number of aryl methyl sites for hydroxylation is 2. The minimum atomic E-state index is -1.16. The molecule has 0 fully saturated rings. The summed E-state index contributed by atoms with van der Waals surface area (Å²) in [4.78, 5) is 23.2. The van der Waals surface area contributed by atoms with E-state index in [1.165, 1.54) is 18.2 Å². The van der Waals surface area contributed by atoms with Crippen LogP contribution in [0.2, 0.25) is 5.02 Å². The van der Waals surface area contributed by atoms with Crippen molar-refractivity contribution in [2.45, 2.75) is 13.8 Å². The van der Waals surface area contributed by atoms with E-state index in [1.54, 1.807) is 0 Å². The van der Waals surface area contributed by atoms with Crippen LogP contribution in [0.4, 0.5) is 5.69 Å². The Morgan fingerprint density at radius 1 is 1.15 bits per heavy atom. The zero-order valence-electron chi connectivity index (χ0n) is 14.1. The Kier molecular flexibility index (Phi) is 6.54. The molecule has 2 aromatic rings. The number of benzene rings is 2. The fourth-order valence-corrected chi connectivity index (χ4v) is 2.68. The second-order valence-electron chi connectivity index (χ2n) is 5.61. The highest BCUT2D eigenvalue weighted by Crippen LogP contribution is 2.20. The molecular formula is C18H17ClN2O4S. The van der Waals surface area contributed by atoms with Crippen molar-refractivity contribution in [1.82, 2.24) is 5.32 Å². The first-order valence-corrected chi connectivity index (χ1v) is 8.38. The van der Waals surface area contributed by atoms with Crippen molar-refractivity contribution in [2.75, 3.05) is 11.9 Å². The van der Waals surface area contributed by atoms with Gasteiger partial charge in [0.1, 0.15) is 5.75 Å². The lowest BCUT2D eigenvalue weighted by Gasteiger charge is -2.13. The number of aromatic carboxylic acids is 1. The van der Waals surface area contributed by atoms with Crippen LogP contribution in [-0.4, -0.2) is 28.7 Å². The minimum Gasteiger partial charge on any atom is -0.484 e. The number of thiocarbonyl (C=S) groups is 1. The molecule has 0 aliphatic carbocycles. The Bertz CT molecular complexity index is 850. The molecule has 2 rings (SSSR count). The third-order valence-electron chi connectivity index (χ3n) is 3.28. The van der Waals surface area contributed by atoms with Crippen LogP contribution < -0.4 is 15.4 Å². The van der Waals surface area contributed by atoms with Gasteiger partial charge in [0.2, 0.25) is 0 Å². The van der Waals surface area contributed by atoms with Crippen LogP contribution >= 0.6 is 23.8 Å². The van der Waals surface area contributed by atoms with E-state index in [9.17, 15) is 14.7 Å². The molecule has 0 aromatic heterocycles. The quantitative estimate of drug-likeness (QED) is 0.674. The van der Waals surface area contributed by atoms with E-state index >= 15 is 0 Å². The average molecular weight is 393 g/mol. The van der Waals surface area contributed by atoms with Crippen molar-refractivity contribution in [1.29, 1.82) is 0 Å². The Morgan fingerprint density at radius 3 is 2.42 bits per heavy atom. The number of hydrogen-bond acceptors (Lipinski definition) is 4. The van der Waals surface area contributed by atoms with Gasteiger partial charge in [-0.2, -0.15) is 0 Å². The maximum absolute atomic E-state index is 12.0. The lowest BCUT2D eigenvalue weighted by Crippen LogP contribution is -2.37. The third kappa shape index (κ3) is 5.72. The Balaban J connectivity index is 1.93.